The molecular weight excluding hydrogens is 294 g/mol. The minimum Gasteiger partial charge on any atom is -0.464 e. The summed E-state index contributed by atoms with van der Waals surface area (Å²) in [4.78, 5) is 26.3. The van der Waals surface area contributed by atoms with Crippen LogP contribution < -0.4 is 0 Å². The van der Waals surface area contributed by atoms with Crippen LogP contribution in [0.15, 0.2) is 30.3 Å². The first-order valence-electron chi connectivity index (χ1n) is 8.34. The smallest absolute Gasteiger partial charge is 0.410 e. The van der Waals surface area contributed by atoms with E-state index in [2.05, 4.69) is 0 Å². The Morgan fingerprint density at radius 1 is 1.17 bits per heavy atom. The molecule has 23 heavy (non-hydrogen) atoms. The van der Waals surface area contributed by atoms with Crippen molar-refractivity contribution in [2.24, 2.45) is 11.8 Å². The third-order valence-corrected chi connectivity index (χ3v) is 4.86. The summed E-state index contributed by atoms with van der Waals surface area (Å²) in [7, 11) is 0. The van der Waals surface area contributed by atoms with E-state index in [-0.39, 0.29) is 18.5 Å². The summed E-state index contributed by atoms with van der Waals surface area (Å²) in [5.41, 5.74) is 0.938. The summed E-state index contributed by atoms with van der Waals surface area (Å²) in [6.07, 6.45) is 2.76. The van der Waals surface area contributed by atoms with Gasteiger partial charge in [-0.25, -0.2) is 9.59 Å². The van der Waals surface area contributed by atoms with E-state index >= 15 is 0 Å². The van der Waals surface area contributed by atoms with Gasteiger partial charge in [0.2, 0.25) is 0 Å². The minimum atomic E-state index is -0.481. The molecule has 5 heteroatoms. The first-order chi connectivity index (χ1) is 11.2. The van der Waals surface area contributed by atoms with E-state index in [1.165, 1.54) is 0 Å². The number of esters is 1. The lowest BCUT2D eigenvalue weighted by molar-refractivity contribution is -0.149. The van der Waals surface area contributed by atoms with Gasteiger partial charge in [-0.1, -0.05) is 36.8 Å². The summed E-state index contributed by atoms with van der Waals surface area (Å²) in [6, 6.07) is 9.08. The van der Waals surface area contributed by atoms with Crippen LogP contribution in [-0.4, -0.2) is 36.2 Å². The van der Waals surface area contributed by atoms with Crippen LogP contribution in [0.5, 0.6) is 0 Å². The Hall–Kier alpha value is -2.04. The van der Waals surface area contributed by atoms with Crippen LogP contribution in [0.1, 0.15) is 31.7 Å². The van der Waals surface area contributed by atoms with Crippen molar-refractivity contribution in [1.29, 1.82) is 0 Å². The molecule has 1 aliphatic heterocycles. The van der Waals surface area contributed by atoms with E-state index in [1.807, 2.05) is 30.3 Å². The summed E-state index contributed by atoms with van der Waals surface area (Å²) >= 11 is 0. The number of carbonyl (C=O) groups excluding carboxylic acids is 2. The van der Waals surface area contributed by atoms with Crippen molar-refractivity contribution in [2.75, 3.05) is 13.2 Å². The summed E-state index contributed by atoms with van der Waals surface area (Å²) in [6.45, 7) is 2.94. The van der Waals surface area contributed by atoms with Crippen molar-refractivity contribution in [2.45, 2.75) is 38.8 Å². The van der Waals surface area contributed by atoms with Crippen molar-refractivity contribution in [3.63, 3.8) is 0 Å². The highest BCUT2D eigenvalue weighted by atomic mass is 16.6. The summed E-state index contributed by atoms with van der Waals surface area (Å²) in [5.74, 6) is 0.325. The standard InChI is InChI=1S/C18H23NO4/c1-2-22-17(20)16-15-10-6-9-14(15)11-19(16)18(21)23-12-13-7-4-3-5-8-13/h3-5,7-8,14-16H,2,6,9-12H2,1H3. The number of amides is 1. The van der Waals surface area contributed by atoms with E-state index in [1.54, 1.807) is 11.8 Å². The zero-order valence-corrected chi connectivity index (χ0v) is 13.4. The number of fused-ring (bicyclic) bond motifs is 1. The molecule has 3 rings (SSSR count). The van der Waals surface area contributed by atoms with Crippen LogP contribution in [-0.2, 0) is 20.9 Å². The Kier molecular flexibility index (Phi) is 4.84. The normalized spacial score (nSPS) is 26.0. The van der Waals surface area contributed by atoms with Crippen LogP contribution in [0.2, 0.25) is 0 Å². The van der Waals surface area contributed by atoms with Gasteiger partial charge in [0, 0.05) is 6.54 Å². The molecule has 1 heterocycles. The Morgan fingerprint density at radius 3 is 2.70 bits per heavy atom. The maximum atomic E-state index is 12.5. The molecule has 2 fully saturated rings. The van der Waals surface area contributed by atoms with Crippen LogP contribution in [0.25, 0.3) is 0 Å². The van der Waals surface area contributed by atoms with Crippen molar-refractivity contribution in [3.05, 3.63) is 35.9 Å². The first kappa shape index (κ1) is 15.8. The highest BCUT2D eigenvalue weighted by Gasteiger charge is 2.50. The second-order valence-electron chi connectivity index (χ2n) is 6.24. The van der Waals surface area contributed by atoms with E-state index in [9.17, 15) is 9.59 Å². The molecule has 0 radical (unpaired) electrons. The van der Waals surface area contributed by atoms with Gasteiger partial charge in [-0.15, -0.1) is 0 Å². The average Bonchev–Trinajstić information content (AvgIpc) is 3.14. The maximum Gasteiger partial charge on any atom is 0.410 e. The lowest BCUT2D eigenvalue weighted by Gasteiger charge is -2.25. The van der Waals surface area contributed by atoms with E-state index < -0.39 is 12.1 Å². The Morgan fingerprint density at radius 2 is 1.96 bits per heavy atom. The molecule has 3 unspecified atom stereocenters. The van der Waals surface area contributed by atoms with Crippen LogP contribution in [0, 0.1) is 11.8 Å². The van der Waals surface area contributed by atoms with Crippen LogP contribution >= 0.6 is 0 Å². The van der Waals surface area contributed by atoms with Crippen molar-refractivity contribution in [3.8, 4) is 0 Å². The molecule has 0 aromatic heterocycles. The molecule has 1 saturated carbocycles. The van der Waals surface area contributed by atoms with Gasteiger partial charge in [-0.2, -0.15) is 0 Å². The summed E-state index contributed by atoms with van der Waals surface area (Å²) < 4.78 is 10.6. The maximum absolute atomic E-state index is 12.5. The molecule has 1 aliphatic carbocycles. The molecule has 1 aromatic rings. The quantitative estimate of drug-likeness (QED) is 0.801. The fourth-order valence-corrected chi connectivity index (χ4v) is 3.83. The third-order valence-electron chi connectivity index (χ3n) is 4.86. The van der Waals surface area contributed by atoms with Gasteiger partial charge in [0.05, 0.1) is 6.61 Å². The van der Waals surface area contributed by atoms with Crippen molar-refractivity contribution < 1.29 is 19.1 Å². The molecule has 0 N–H and O–H groups in total. The molecule has 3 atom stereocenters. The number of carbonyl (C=O) groups is 2. The van der Waals surface area contributed by atoms with Gasteiger partial charge in [-0.3, -0.25) is 4.90 Å². The molecule has 0 bridgehead atoms. The third kappa shape index (κ3) is 3.33. The molecule has 1 saturated heterocycles. The van der Waals surface area contributed by atoms with Gasteiger partial charge >= 0.3 is 12.1 Å². The Bertz CT molecular complexity index is 559. The fraction of sp³-hybridized carbons (Fsp3) is 0.556. The molecule has 124 valence electrons. The SMILES string of the molecule is CCOC(=O)C1C2CCCC2CN1C(=O)OCc1ccccc1. The zero-order chi connectivity index (χ0) is 16.2. The number of rotatable bonds is 4. The van der Waals surface area contributed by atoms with Gasteiger partial charge in [0.1, 0.15) is 12.6 Å². The highest BCUT2D eigenvalue weighted by molar-refractivity contribution is 5.82. The lowest BCUT2D eigenvalue weighted by atomic mass is 9.94. The second-order valence-corrected chi connectivity index (χ2v) is 6.24. The number of ether oxygens (including phenoxy) is 2. The number of benzene rings is 1. The number of likely N-dealkylation sites (tertiary alicyclic amines) is 1. The van der Waals surface area contributed by atoms with E-state index in [0.717, 1.165) is 24.8 Å². The lowest BCUT2D eigenvalue weighted by Crippen LogP contribution is -2.44. The zero-order valence-electron chi connectivity index (χ0n) is 13.4. The number of hydrogen-bond acceptors (Lipinski definition) is 4. The predicted octanol–water partition coefficient (Wildman–Crippen LogP) is 2.99. The molecule has 1 aromatic carbocycles. The molecule has 2 aliphatic rings. The van der Waals surface area contributed by atoms with Crippen LogP contribution in [0.3, 0.4) is 0 Å². The number of hydrogen-bond donors (Lipinski definition) is 0. The monoisotopic (exact) mass is 317 g/mol. The predicted molar refractivity (Wildman–Crippen MR) is 84.6 cm³/mol. The molecule has 1 amide bonds. The highest BCUT2D eigenvalue weighted by Crippen LogP contribution is 2.42. The molecule has 0 spiro atoms. The largest absolute Gasteiger partial charge is 0.464 e. The van der Waals surface area contributed by atoms with Gasteiger partial charge in [0.15, 0.2) is 0 Å². The average molecular weight is 317 g/mol. The van der Waals surface area contributed by atoms with E-state index in [4.69, 9.17) is 9.47 Å². The molecule has 5 nitrogen and oxygen atoms in total. The van der Waals surface area contributed by atoms with Gasteiger partial charge in [-0.05, 0) is 37.2 Å². The Labute approximate surface area is 136 Å². The Balaban J connectivity index is 1.66. The fourth-order valence-electron chi connectivity index (χ4n) is 3.83. The van der Waals surface area contributed by atoms with Crippen molar-refractivity contribution >= 4 is 12.1 Å². The van der Waals surface area contributed by atoms with E-state index in [0.29, 0.717) is 19.1 Å². The van der Waals surface area contributed by atoms with Gasteiger partial charge in [0.25, 0.3) is 0 Å². The second kappa shape index (κ2) is 7.02. The first-order valence-corrected chi connectivity index (χ1v) is 8.34. The summed E-state index contributed by atoms with van der Waals surface area (Å²) in [5, 5.41) is 0. The number of nitrogens with zero attached hydrogens (tertiary/aromatic N) is 1. The minimum absolute atomic E-state index is 0.221. The van der Waals surface area contributed by atoms with Gasteiger partial charge < -0.3 is 9.47 Å². The topological polar surface area (TPSA) is 55.8 Å². The van der Waals surface area contributed by atoms with Crippen LogP contribution in [0.4, 0.5) is 4.79 Å². The molecular formula is C18H23NO4. The van der Waals surface area contributed by atoms with Crippen molar-refractivity contribution in [1.82, 2.24) is 4.90 Å².